The highest BCUT2D eigenvalue weighted by Gasteiger charge is 2.24. The summed E-state index contributed by atoms with van der Waals surface area (Å²) in [5.74, 6) is 0.855. The summed E-state index contributed by atoms with van der Waals surface area (Å²) < 4.78 is 6.32. The molecule has 1 heterocycles. The molecule has 0 radical (unpaired) electrons. The van der Waals surface area contributed by atoms with Gasteiger partial charge in [-0.1, -0.05) is 15.9 Å². The molecule has 4 nitrogen and oxygen atoms in total. The number of rotatable bonds is 1. The van der Waals surface area contributed by atoms with Crippen LogP contribution in [-0.2, 0) is 0 Å². The second-order valence-electron chi connectivity index (χ2n) is 3.16. The van der Waals surface area contributed by atoms with Crippen LogP contribution >= 0.6 is 15.9 Å². The summed E-state index contributed by atoms with van der Waals surface area (Å²) in [5.41, 5.74) is 5.31. The van der Waals surface area contributed by atoms with Crippen LogP contribution in [0.2, 0.25) is 0 Å². The highest BCUT2D eigenvalue weighted by Crippen LogP contribution is 2.42. The molecule has 0 aliphatic carbocycles. The zero-order valence-corrected chi connectivity index (χ0v) is 9.92. The van der Waals surface area contributed by atoms with Crippen LogP contribution in [0.25, 0.3) is 0 Å². The Morgan fingerprint density at radius 3 is 2.71 bits per heavy atom. The van der Waals surface area contributed by atoms with Crippen molar-refractivity contribution < 1.29 is 4.74 Å². The Bertz CT molecular complexity index is 369. The van der Waals surface area contributed by atoms with Crippen molar-refractivity contribution >= 4 is 27.3 Å². The van der Waals surface area contributed by atoms with E-state index in [1.54, 1.807) is 7.11 Å². The number of nitrogens with zero attached hydrogens (tertiary/aromatic N) is 2. The van der Waals surface area contributed by atoms with Gasteiger partial charge in [-0.2, -0.15) is 0 Å². The zero-order chi connectivity index (χ0) is 10.3. The maximum absolute atomic E-state index is 5.32. The number of anilines is 2. The monoisotopic (exact) mass is 257 g/mol. The molecule has 5 heteroatoms. The summed E-state index contributed by atoms with van der Waals surface area (Å²) in [6.45, 7) is 0. The van der Waals surface area contributed by atoms with E-state index in [2.05, 4.69) is 21.4 Å². The Kier molecular flexibility index (Phi) is 2.28. The molecule has 0 amide bonds. The average molecular weight is 258 g/mol. The number of halogens is 1. The standard InChI is InChI=1S/C9H12BrN3O/c1-12-9-7(11-13(12)2)4-6(10)5-8(9)14-3/h4-5,11H,1-3H3. The minimum absolute atomic E-state index is 0.855. The summed E-state index contributed by atoms with van der Waals surface area (Å²) in [4.78, 5) is 0. The molecule has 0 saturated heterocycles. The molecular weight excluding hydrogens is 246 g/mol. The van der Waals surface area contributed by atoms with E-state index in [0.717, 1.165) is 21.6 Å². The SMILES string of the molecule is COc1cc(Br)cc2c1N(C)N(C)N2. The van der Waals surface area contributed by atoms with Gasteiger partial charge in [0.2, 0.25) is 0 Å². The Balaban J connectivity index is 2.56. The summed E-state index contributed by atoms with van der Waals surface area (Å²) in [6, 6.07) is 3.98. The highest BCUT2D eigenvalue weighted by atomic mass is 79.9. The van der Waals surface area contributed by atoms with Crippen LogP contribution in [0.15, 0.2) is 16.6 Å². The van der Waals surface area contributed by atoms with Gasteiger partial charge in [0.05, 0.1) is 12.8 Å². The molecule has 0 fully saturated rings. The summed E-state index contributed by atoms with van der Waals surface area (Å²) in [5, 5.41) is 3.90. The van der Waals surface area contributed by atoms with E-state index in [4.69, 9.17) is 4.74 Å². The lowest BCUT2D eigenvalue weighted by Gasteiger charge is -2.21. The lowest BCUT2D eigenvalue weighted by molar-refractivity contribution is 0.391. The highest BCUT2D eigenvalue weighted by molar-refractivity contribution is 9.10. The Hall–Kier alpha value is -0.940. The van der Waals surface area contributed by atoms with Crippen LogP contribution in [0.1, 0.15) is 0 Å². The molecule has 14 heavy (non-hydrogen) atoms. The van der Waals surface area contributed by atoms with Crippen LogP contribution in [0, 0.1) is 0 Å². The largest absolute Gasteiger partial charge is 0.494 e. The molecule has 1 aliphatic rings. The van der Waals surface area contributed by atoms with Crippen molar-refractivity contribution in [3.05, 3.63) is 16.6 Å². The van der Waals surface area contributed by atoms with Crippen LogP contribution in [0.3, 0.4) is 0 Å². The number of fused-ring (bicyclic) bond motifs is 1. The predicted molar refractivity (Wildman–Crippen MR) is 60.5 cm³/mol. The molecule has 0 saturated carbocycles. The van der Waals surface area contributed by atoms with E-state index in [-0.39, 0.29) is 0 Å². The first kappa shape index (κ1) is 9.61. The molecule has 0 atom stereocenters. The van der Waals surface area contributed by atoms with E-state index in [9.17, 15) is 0 Å². The molecule has 0 spiro atoms. The number of ether oxygens (including phenoxy) is 1. The lowest BCUT2D eigenvalue weighted by atomic mass is 10.2. The van der Waals surface area contributed by atoms with E-state index in [0.29, 0.717) is 0 Å². The minimum Gasteiger partial charge on any atom is -0.494 e. The molecule has 0 unspecified atom stereocenters. The minimum atomic E-state index is 0.855. The van der Waals surface area contributed by atoms with E-state index < -0.39 is 0 Å². The van der Waals surface area contributed by atoms with Gasteiger partial charge in [0.25, 0.3) is 0 Å². The average Bonchev–Trinajstić information content (AvgIpc) is 2.41. The van der Waals surface area contributed by atoms with Crippen LogP contribution in [0.4, 0.5) is 11.4 Å². The number of nitrogens with one attached hydrogen (secondary N) is 1. The summed E-state index contributed by atoms with van der Waals surface area (Å²) in [7, 11) is 5.61. The van der Waals surface area contributed by atoms with Crippen LogP contribution < -0.4 is 15.2 Å². The molecule has 1 aromatic rings. The molecule has 2 rings (SSSR count). The Labute approximate surface area is 91.5 Å². The number of methoxy groups -OCH3 is 1. The quantitative estimate of drug-likeness (QED) is 0.834. The molecule has 1 N–H and O–H groups in total. The second kappa shape index (κ2) is 3.33. The van der Waals surface area contributed by atoms with Gasteiger partial charge in [-0.25, -0.2) is 0 Å². The van der Waals surface area contributed by atoms with Crippen molar-refractivity contribution in [1.82, 2.24) is 5.12 Å². The third-order valence-electron chi connectivity index (χ3n) is 2.32. The fourth-order valence-corrected chi connectivity index (χ4v) is 1.99. The topological polar surface area (TPSA) is 27.7 Å². The molecule has 76 valence electrons. The fourth-order valence-electron chi connectivity index (χ4n) is 1.55. The maximum Gasteiger partial charge on any atom is 0.146 e. The van der Waals surface area contributed by atoms with Crippen molar-refractivity contribution in [3.8, 4) is 5.75 Å². The van der Waals surface area contributed by atoms with E-state index in [1.165, 1.54) is 0 Å². The number of hydrogen-bond acceptors (Lipinski definition) is 4. The van der Waals surface area contributed by atoms with Gasteiger partial charge in [0.1, 0.15) is 11.4 Å². The van der Waals surface area contributed by atoms with Crippen LogP contribution in [0.5, 0.6) is 5.75 Å². The fraction of sp³-hybridized carbons (Fsp3) is 0.333. The first-order valence-electron chi connectivity index (χ1n) is 4.25. The van der Waals surface area contributed by atoms with Gasteiger partial charge < -0.3 is 4.74 Å². The van der Waals surface area contributed by atoms with E-state index >= 15 is 0 Å². The first-order valence-corrected chi connectivity index (χ1v) is 5.04. The van der Waals surface area contributed by atoms with Crippen molar-refractivity contribution in [2.24, 2.45) is 0 Å². The molecule has 1 aliphatic heterocycles. The first-order chi connectivity index (χ1) is 6.63. The number of hydrogen-bond donors (Lipinski definition) is 1. The summed E-state index contributed by atoms with van der Waals surface area (Å²) in [6.07, 6.45) is 0. The van der Waals surface area contributed by atoms with Gasteiger partial charge in [-0.15, -0.1) is 5.12 Å². The zero-order valence-electron chi connectivity index (χ0n) is 8.34. The predicted octanol–water partition coefficient (Wildman–Crippen LogP) is 2.08. The summed E-state index contributed by atoms with van der Waals surface area (Å²) >= 11 is 3.44. The Morgan fingerprint density at radius 1 is 1.36 bits per heavy atom. The Morgan fingerprint density at radius 2 is 2.07 bits per heavy atom. The molecule has 0 bridgehead atoms. The van der Waals surface area contributed by atoms with Gasteiger partial charge in [0.15, 0.2) is 0 Å². The third kappa shape index (κ3) is 1.33. The van der Waals surface area contributed by atoms with Crippen molar-refractivity contribution in [2.75, 3.05) is 31.6 Å². The van der Waals surface area contributed by atoms with E-state index in [1.807, 2.05) is 36.4 Å². The van der Waals surface area contributed by atoms with Gasteiger partial charge in [-0.05, 0) is 12.1 Å². The maximum atomic E-state index is 5.32. The van der Waals surface area contributed by atoms with Crippen molar-refractivity contribution in [2.45, 2.75) is 0 Å². The molecule has 0 aromatic heterocycles. The smallest absolute Gasteiger partial charge is 0.146 e. The number of benzene rings is 1. The molecule has 1 aromatic carbocycles. The van der Waals surface area contributed by atoms with Gasteiger partial charge in [0, 0.05) is 18.6 Å². The van der Waals surface area contributed by atoms with Crippen LogP contribution in [-0.4, -0.2) is 26.3 Å². The second-order valence-corrected chi connectivity index (χ2v) is 4.08. The van der Waals surface area contributed by atoms with Gasteiger partial charge in [-0.3, -0.25) is 10.4 Å². The number of hydrazine groups is 2. The third-order valence-corrected chi connectivity index (χ3v) is 2.77. The normalized spacial score (nSPS) is 15.3. The van der Waals surface area contributed by atoms with Crippen molar-refractivity contribution in [1.29, 1.82) is 0 Å². The van der Waals surface area contributed by atoms with Gasteiger partial charge >= 0.3 is 0 Å². The van der Waals surface area contributed by atoms with Crippen molar-refractivity contribution in [3.63, 3.8) is 0 Å². The molecular formula is C9H12BrN3O. The lowest BCUT2D eigenvalue weighted by Crippen LogP contribution is -2.34.